The molecule has 0 atom stereocenters. The summed E-state index contributed by atoms with van der Waals surface area (Å²) in [7, 11) is 0. The van der Waals surface area contributed by atoms with Crippen LogP contribution in [0.4, 0.5) is 0 Å². The first-order chi connectivity index (χ1) is 6.19. The molecular weight excluding hydrogens is 170 g/mol. The van der Waals surface area contributed by atoms with Crippen molar-refractivity contribution in [2.45, 2.75) is 6.54 Å². The summed E-state index contributed by atoms with van der Waals surface area (Å²) in [5, 5.41) is 8.46. The van der Waals surface area contributed by atoms with Gasteiger partial charge in [0.2, 0.25) is 0 Å². The standard InChI is InChI=1S/C8H5N3O2/c1-2-3-11-5-6(4-9)7(12)10-8(11)13/h1,5H,3H2,(H,10,12,13). The van der Waals surface area contributed by atoms with Gasteiger partial charge in [-0.2, -0.15) is 5.26 Å². The molecule has 0 spiro atoms. The van der Waals surface area contributed by atoms with Crippen molar-refractivity contribution < 1.29 is 0 Å². The fourth-order valence-corrected chi connectivity index (χ4v) is 0.805. The zero-order valence-electron chi connectivity index (χ0n) is 6.57. The van der Waals surface area contributed by atoms with Crippen molar-refractivity contribution >= 4 is 0 Å². The van der Waals surface area contributed by atoms with Gasteiger partial charge in [-0.15, -0.1) is 6.42 Å². The van der Waals surface area contributed by atoms with Gasteiger partial charge in [0, 0.05) is 6.20 Å². The van der Waals surface area contributed by atoms with Gasteiger partial charge in [0.05, 0.1) is 6.54 Å². The summed E-state index contributed by atoms with van der Waals surface area (Å²) in [6.07, 6.45) is 6.11. The Morgan fingerprint density at radius 2 is 2.31 bits per heavy atom. The first-order valence-corrected chi connectivity index (χ1v) is 3.36. The van der Waals surface area contributed by atoms with Crippen molar-refractivity contribution in [3.63, 3.8) is 0 Å². The van der Waals surface area contributed by atoms with E-state index in [0.29, 0.717) is 0 Å². The highest BCUT2D eigenvalue weighted by molar-refractivity contribution is 5.21. The van der Waals surface area contributed by atoms with Gasteiger partial charge >= 0.3 is 5.69 Å². The lowest BCUT2D eigenvalue weighted by atomic mass is 10.4. The van der Waals surface area contributed by atoms with Crippen molar-refractivity contribution in [3.8, 4) is 18.4 Å². The average molecular weight is 175 g/mol. The number of rotatable bonds is 1. The molecule has 1 N–H and O–H groups in total. The van der Waals surface area contributed by atoms with Crippen LogP contribution >= 0.6 is 0 Å². The molecule has 0 saturated heterocycles. The zero-order chi connectivity index (χ0) is 9.84. The van der Waals surface area contributed by atoms with Crippen LogP contribution in [0.5, 0.6) is 0 Å². The van der Waals surface area contributed by atoms with Crippen molar-refractivity contribution in [1.29, 1.82) is 5.26 Å². The van der Waals surface area contributed by atoms with Gasteiger partial charge in [0.1, 0.15) is 11.6 Å². The Morgan fingerprint density at radius 3 is 2.85 bits per heavy atom. The molecule has 64 valence electrons. The summed E-state index contributed by atoms with van der Waals surface area (Å²) < 4.78 is 1.08. The van der Waals surface area contributed by atoms with E-state index in [1.165, 1.54) is 0 Å². The second-order valence-corrected chi connectivity index (χ2v) is 2.25. The van der Waals surface area contributed by atoms with E-state index < -0.39 is 11.2 Å². The molecule has 0 amide bonds. The summed E-state index contributed by atoms with van der Waals surface area (Å²) in [5.74, 6) is 2.23. The Morgan fingerprint density at radius 1 is 1.62 bits per heavy atom. The molecule has 0 radical (unpaired) electrons. The number of H-pyrrole nitrogens is 1. The predicted molar refractivity (Wildman–Crippen MR) is 44.9 cm³/mol. The van der Waals surface area contributed by atoms with Crippen molar-refractivity contribution in [1.82, 2.24) is 9.55 Å². The van der Waals surface area contributed by atoms with Crippen LogP contribution in [0.3, 0.4) is 0 Å². The molecule has 5 nitrogen and oxygen atoms in total. The van der Waals surface area contributed by atoms with Crippen LogP contribution in [0.1, 0.15) is 5.56 Å². The maximum absolute atomic E-state index is 11.0. The Balaban J connectivity index is 3.44. The largest absolute Gasteiger partial charge is 0.329 e. The van der Waals surface area contributed by atoms with Gasteiger partial charge in [-0.3, -0.25) is 14.3 Å². The molecule has 0 aliphatic rings. The summed E-state index contributed by atoms with van der Waals surface area (Å²) in [6.45, 7) is 0.0320. The van der Waals surface area contributed by atoms with Gasteiger partial charge in [-0.1, -0.05) is 5.92 Å². The minimum absolute atomic E-state index is 0.0320. The second-order valence-electron chi connectivity index (χ2n) is 2.25. The molecule has 5 heteroatoms. The topological polar surface area (TPSA) is 78.7 Å². The van der Waals surface area contributed by atoms with Gasteiger partial charge in [-0.05, 0) is 0 Å². The Bertz CT molecular complexity index is 510. The van der Waals surface area contributed by atoms with Crippen LogP contribution in [0.25, 0.3) is 0 Å². The Kier molecular flexibility index (Phi) is 2.32. The van der Waals surface area contributed by atoms with E-state index >= 15 is 0 Å². The predicted octanol–water partition coefficient (Wildman–Crippen LogP) is -0.959. The van der Waals surface area contributed by atoms with Crippen molar-refractivity contribution in [3.05, 3.63) is 32.6 Å². The highest BCUT2D eigenvalue weighted by Gasteiger charge is 2.01. The van der Waals surface area contributed by atoms with Crippen LogP contribution < -0.4 is 11.2 Å². The van der Waals surface area contributed by atoms with E-state index in [2.05, 4.69) is 5.92 Å². The number of hydrogen-bond acceptors (Lipinski definition) is 3. The minimum atomic E-state index is -0.694. The molecule has 1 rings (SSSR count). The molecule has 1 aromatic rings. The Hall–Kier alpha value is -2.27. The third-order valence-corrected chi connectivity index (χ3v) is 1.39. The quantitative estimate of drug-likeness (QED) is 0.558. The van der Waals surface area contributed by atoms with E-state index in [-0.39, 0.29) is 12.1 Å². The lowest BCUT2D eigenvalue weighted by Gasteiger charge is -1.97. The van der Waals surface area contributed by atoms with Crippen LogP contribution in [-0.4, -0.2) is 9.55 Å². The molecule has 0 fully saturated rings. The lowest BCUT2D eigenvalue weighted by molar-refractivity contribution is 0.746. The van der Waals surface area contributed by atoms with Crippen LogP contribution in [0.15, 0.2) is 15.8 Å². The first kappa shape index (κ1) is 8.82. The number of aromatic nitrogens is 2. The smallest absolute Gasteiger partial charge is 0.288 e. The summed E-state index contributed by atoms with van der Waals surface area (Å²) in [4.78, 5) is 23.9. The normalized spacial score (nSPS) is 8.77. The van der Waals surface area contributed by atoms with E-state index in [9.17, 15) is 9.59 Å². The molecule has 13 heavy (non-hydrogen) atoms. The van der Waals surface area contributed by atoms with Crippen molar-refractivity contribution in [2.24, 2.45) is 0 Å². The Labute approximate surface area is 73.3 Å². The van der Waals surface area contributed by atoms with E-state index in [4.69, 9.17) is 11.7 Å². The number of terminal acetylenes is 1. The number of nitrogens with zero attached hydrogens (tertiary/aromatic N) is 2. The fourth-order valence-electron chi connectivity index (χ4n) is 0.805. The molecule has 0 bridgehead atoms. The van der Waals surface area contributed by atoms with Gasteiger partial charge < -0.3 is 0 Å². The van der Waals surface area contributed by atoms with E-state index in [1.807, 2.05) is 4.98 Å². The van der Waals surface area contributed by atoms with Crippen molar-refractivity contribution in [2.75, 3.05) is 0 Å². The van der Waals surface area contributed by atoms with Gasteiger partial charge in [0.15, 0.2) is 0 Å². The highest BCUT2D eigenvalue weighted by atomic mass is 16.2. The third-order valence-electron chi connectivity index (χ3n) is 1.39. The van der Waals surface area contributed by atoms with E-state index in [0.717, 1.165) is 10.8 Å². The number of aromatic amines is 1. The summed E-state index contributed by atoms with van der Waals surface area (Å²) in [6, 6.07) is 1.65. The van der Waals surface area contributed by atoms with Gasteiger partial charge in [-0.25, -0.2) is 4.79 Å². The summed E-state index contributed by atoms with van der Waals surface area (Å²) >= 11 is 0. The van der Waals surface area contributed by atoms with Crippen LogP contribution in [0, 0.1) is 23.7 Å². The minimum Gasteiger partial charge on any atom is -0.288 e. The maximum Gasteiger partial charge on any atom is 0.329 e. The number of nitrogens with one attached hydrogen (secondary N) is 1. The maximum atomic E-state index is 11.0. The van der Waals surface area contributed by atoms with E-state index in [1.54, 1.807) is 6.07 Å². The molecule has 0 unspecified atom stereocenters. The molecule has 0 aliphatic carbocycles. The summed E-state index contributed by atoms with van der Waals surface area (Å²) in [5.41, 5.74) is -1.43. The zero-order valence-corrected chi connectivity index (χ0v) is 6.57. The molecule has 0 saturated carbocycles. The molecule has 1 aromatic heterocycles. The molecule has 1 heterocycles. The van der Waals surface area contributed by atoms with Crippen LogP contribution in [-0.2, 0) is 6.54 Å². The van der Waals surface area contributed by atoms with Gasteiger partial charge in [0.25, 0.3) is 5.56 Å². The monoisotopic (exact) mass is 175 g/mol. The highest BCUT2D eigenvalue weighted by Crippen LogP contribution is 1.83. The number of hydrogen-bond donors (Lipinski definition) is 1. The lowest BCUT2D eigenvalue weighted by Crippen LogP contribution is -2.30. The molecule has 0 aromatic carbocycles. The molecular formula is C8H5N3O2. The average Bonchev–Trinajstić information content (AvgIpc) is 2.10. The van der Waals surface area contributed by atoms with Crippen LogP contribution in [0.2, 0.25) is 0 Å². The second kappa shape index (κ2) is 3.42. The third kappa shape index (κ3) is 1.66. The SMILES string of the molecule is C#CCn1cc(C#N)c(=O)[nH]c1=O. The molecule has 0 aliphatic heterocycles. The first-order valence-electron chi connectivity index (χ1n) is 3.36. The fraction of sp³-hybridized carbons (Fsp3) is 0.125. The number of nitriles is 1.